The number of hydrogen-bond acceptors (Lipinski definition) is 4. The van der Waals surface area contributed by atoms with Crippen LogP contribution < -0.4 is 0 Å². The fraction of sp³-hybridized carbons (Fsp3) is 0.667. The van der Waals surface area contributed by atoms with Gasteiger partial charge in [0.25, 0.3) is 0 Å². The standard InChI is InChI=1S/C12H19NO3S2/c1-9-3-5-13(6-4-9)18(15,16)12-10(2)8-17-11(12)7-14/h8-9,14H,3-7H2,1-2H3. The van der Waals surface area contributed by atoms with E-state index in [0.29, 0.717) is 28.8 Å². The molecular formula is C12H19NO3S2. The van der Waals surface area contributed by atoms with Crippen molar-refractivity contribution in [3.8, 4) is 0 Å². The maximum atomic E-state index is 12.6. The summed E-state index contributed by atoms with van der Waals surface area (Å²) < 4.78 is 26.7. The van der Waals surface area contributed by atoms with Crippen molar-refractivity contribution < 1.29 is 13.5 Å². The van der Waals surface area contributed by atoms with Crippen LogP contribution in [0.25, 0.3) is 0 Å². The Balaban J connectivity index is 2.33. The fourth-order valence-corrected chi connectivity index (χ4v) is 5.38. The van der Waals surface area contributed by atoms with Crippen LogP contribution in [0.1, 0.15) is 30.2 Å². The van der Waals surface area contributed by atoms with Gasteiger partial charge >= 0.3 is 0 Å². The van der Waals surface area contributed by atoms with Gasteiger partial charge in [0, 0.05) is 13.1 Å². The van der Waals surface area contributed by atoms with E-state index in [1.54, 1.807) is 16.6 Å². The predicted octanol–water partition coefficient (Wildman–Crippen LogP) is 1.97. The zero-order valence-corrected chi connectivity index (χ0v) is 12.4. The molecule has 1 aliphatic rings. The minimum atomic E-state index is -3.43. The average Bonchev–Trinajstić information content (AvgIpc) is 2.71. The minimum Gasteiger partial charge on any atom is -0.391 e. The third-order valence-corrected chi connectivity index (χ3v) is 6.82. The highest BCUT2D eigenvalue weighted by molar-refractivity contribution is 7.89. The highest BCUT2D eigenvalue weighted by atomic mass is 32.2. The maximum absolute atomic E-state index is 12.6. The molecule has 2 heterocycles. The molecule has 1 aromatic heterocycles. The van der Waals surface area contributed by atoms with E-state index in [0.717, 1.165) is 18.4 Å². The largest absolute Gasteiger partial charge is 0.391 e. The highest BCUT2D eigenvalue weighted by Gasteiger charge is 2.31. The number of hydrogen-bond donors (Lipinski definition) is 1. The van der Waals surface area contributed by atoms with Crippen LogP contribution in [0.3, 0.4) is 0 Å². The molecule has 0 saturated carbocycles. The molecule has 0 spiro atoms. The molecule has 1 aliphatic heterocycles. The Morgan fingerprint density at radius 2 is 2.06 bits per heavy atom. The molecule has 1 aromatic rings. The molecule has 0 aromatic carbocycles. The van der Waals surface area contributed by atoms with E-state index in [1.165, 1.54) is 11.3 Å². The molecule has 0 amide bonds. The van der Waals surface area contributed by atoms with Gasteiger partial charge in [-0.2, -0.15) is 4.31 Å². The number of sulfonamides is 1. The van der Waals surface area contributed by atoms with Gasteiger partial charge in [0.1, 0.15) is 4.90 Å². The highest BCUT2D eigenvalue weighted by Crippen LogP contribution is 2.31. The molecule has 102 valence electrons. The second-order valence-corrected chi connectivity index (χ2v) is 7.75. The molecule has 1 fully saturated rings. The summed E-state index contributed by atoms with van der Waals surface area (Å²) in [4.78, 5) is 0.871. The lowest BCUT2D eigenvalue weighted by Crippen LogP contribution is -2.38. The number of nitrogens with zero attached hydrogens (tertiary/aromatic N) is 1. The van der Waals surface area contributed by atoms with Crippen LogP contribution in [0.2, 0.25) is 0 Å². The molecule has 6 heteroatoms. The molecule has 0 unspecified atom stereocenters. The van der Waals surface area contributed by atoms with Crippen molar-refractivity contribution in [1.82, 2.24) is 4.31 Å². The second kappa shape index (κ2) is 5.28. The zero-order chi connectivity index (χ0) is 13.3. The van der Waals surface area contributed by atoms with Crippen molar-refractivity contribution in [3.05, 3.63) is 15.8 Å². The van der Waals surface area contributed by atoms with E-state index in [1.807, 2.05) is 0 Å². The number of piperidine rings is 1. The average molecular weight is 289 g/mol. The van der Waals surface area contributed by atoms with Gasteiger partial charge in [-0.25, -0.2) is 8.42 Å². The summed E-state index contributed by atoms with van der Waals surface area (Å²) in [6.45, 7) is 4.90. The lowest BCUT2D eigenvalue weighted by atomic mass is 10.0. The first-order valence-electron chi connectivity index (χ1n) is 6.14. The lowest BCUT2D eigenvalue weighted by molar-refractivity contribution is 0.277. The molecule has 0 atom stereocenters. The van der Waals surface area contributed by atoms with Crippen molar-refractivity contribution >= 4 is 21.4 Å². The van der Waals surface area contributed by atoms with Crippen molar-refractivity contribution in [1.29, 1.82) is 0 Å². The number of aliphatic hydroxyl groups is 1. The fourth-order valence-electron chi connectivity index (χ4n) is 2.30. The number of aryl methyl sites for hydroxylation is 1. The summed E-state index contributed by atoms with van der Waals surface area (Å²) >= 11 is 1.31. The minimum absolute atomic E-state index is 0.211. The Bertz CT molecular complexity index is 513. The smallest absolute Gasteiger partial charge is 0.244 e. The van der Waals surface area contributed by atoms with Gasteiger partial charge in [-0.1, -0.05) is 6.92 Å². The first-order valence-corrected chi connectivity index (χ1v) is 8.46. The van der Waals surface area contributed by atoms with E-state index in [2.05, 4.69) is 6.92 Å². The summed E-state index contributed by atoms with van der Waals surface area (Å²) in [5, 5.41) is 11.1. The summed E-state index contributed by atoms with van der Waals surface area (Å²) in [5.74, 6) is 0.595. The lowest BCUT2D eigenvalue weighted by Gasteiger charge is -2.29. The monoisotopic (exact) mass is 289 g/mol. The number of thiophene rings is 1. The summed E-state index contributed by atoms with van der Waals surface area (Å²) in [6, 6.07) is 0. The first kappa shape index (κ1) is 14.0. The summed E-state index contributed by atoms with van der Waals surface area (Å²) in [7, 11) is -3.43. The Morgan fingerprint density at radius 1 is 1.44 bits per heavy atom. The van der Waals surface area contributed by atoms with Gasteiger partial charge in [-0.15, -0.1) is 11.3 Å². The Hall–Kier alpha value is -0.430. The van der Waals surface area contributed by atoms with Crippen molar-refractivity contribution in [2.24, 2.45) is 5.92 Å². The normalized spacial score (nSPS) is 19.3. The van der Waals surface area contributed by atoms with E-state index in [9.17, 15) is 13.5 Å². The van der Waals surface area contributed by atoms with Gasteiger partial charge in [0.15, 0.2) is 0 Å². The molecule has 1 N–H and O–H groups in total. The van der Waals surface area contributed by atoms with Gasteiger partial charge in [0.05, 0.1) is 11.5 Å². The van der Waals surface area contributed by atoms with E-state index in [4.69, 9.17) is 0 Å². The van der Waals surface area contributed by atoms with Crippen LogP contribution in [-0.2, 0) is 16.6 Å². The van der Waals surface area contributed by atoms with Crippen LogP contribution in [0.5, 0.6) is 0 Å². The quantitative estimate of drug-likeness (QED) is 0.925. The third kappa shape index (κ3) is 2.47. The maximum Gasteiger partial charge on any atom is 0.244 e. The van der Waals surface area contributed by atoms with Crippen LogP contribution in [0.4, 0.5) is 0 Å². The predicted molar refractivity (Wildman–Crippen MR) is 72.1 cm³/mol. The third-order valence-electron chi connectivity index (χ3n) is 3.47. The van der Waals surface area contributed by atoms with Gasteiger partial charge in [-0.05, 0) is 36.6 Å². The zero-order valence-electron chi connectivity index (χ0n) is 10.7. The van der Waals surface area contributed by atoms with Gasteiger partial charge in [0.2, 0.25) is 10.0 Å². The molecule has 0 radical (unpaired) electrons. The van der Waals surface area contributed by atoms with Crippen molar-refractivity contribution in [2.75, 3.05) is 13.1 Å². The molecule has 0 bridgehead atoms. The second-order valence-electron chi connectivity index (χ2n) is 4.92. The Labute approximate surface area is 112 Å². The molecule has 0 aliphatic carbocycles. The molecule has 4 nitrogen and oxygen atoms in total. The summed E-state index contributed by atoms with van der Waals surface area (Å²) in [5.41, 5.74) is 0.739. The SMILES string of the molecule is Cc1csc(CO)c1S(=O)(=O)N1CCC(C)CC1. The number of rotatable bonds is 3. The van der Waals surface area contributed by atoms with Gasteiger partial charge in [-0.3, -0.25) is 0 Å². The van der Waals surface area contributed by atoms with Crippen LogP contribution in [0.15, 0.2) is 10.3 Å². The number of aliphatic hydroxyl groups excluding tert-OH is 1. The molecule has 18 heavy (non-hydrogen) atoms. The van der Waals surface area contributed by atoms with Crippen LogP contribution >= 0.6 is 11.3 Å². The van der Waals surface area contributed by atoms with Crippen LogP contribution in [-0.4, -0.2) is 30.9 Å². The van der Waals surface area contributed by atoms with Crippen LogP contribution in [0, 0.1) is 12.8 Å². The van der Waals surface area contributed by atoms with E-state index < -0.39 is 10.0 Å². The first-order chi connectivity index (χ1) is 8.46. The van der Waals surface area contributed by atoms with Crippen molar-refractivity contribution in [3.63, 3.8) is 0 Å². The van der Waals surface area contributed by atoms with E-state index >= 15 is 0 Å². The molecule has 2 rings (SSSR count). The topological polar surface area (TPSA) is 57.6 Å². The van der Waals surface area contributed by atoms with E-state index in [-0.39, 0.29) is 6.61 Å². The summed E-state index contributed by atoms with van der Waals surface area (Å²) in [6.07, 6.45) is 1.83. The molecular weight excluding hydrogens is 270 g/mol. The Morgan fingerprint density at radius 3 is 2.61 bits per heavy atom. The molecule has 1 saturated heterocycles. The Kier molecular flexibility index (Phi) is 4.11. The van der Waals surface area contributed by atoms with Crippen molar-refractivity contribution in [2.45, 2.75) is 38.2 Å². The van der Waals surface area contributed by atoms with Gasteiger partial charge < -0.3 is 5.11 Å².